The van der Waals surface area contributed by atoms with Crippen LogP contribution in [0, 0.1) is 0 Å². The van der Waals surface area contributed by atoms with Crippen LogP contribution in [0.1, 0.15) is 50.5 Å². The number of nitrogens with two attached hydrogens (primary N) is 1. The molecule has 0 saturated heterocycles. The number of ether oxygens (including phenoxy) is 1. The first-order valence-electron chi connectivity index (χ1n) is 6.78. The molecule has 0 aliphatic heterocycles. The molecule has 1 fully saturated rings. The lowest BCUT2D eigenvalue weighted by molar-refractivity contribution is 0.305. The molecule has 2 atom stereocenters. The Labute approximate surface area is 104 Å². The lowest BCUT2D eigenvalue weighted by Gasteiger charge is -2.28. The van der Waals surface area contributed by atoms with Crippen LogP contribution in [-0.4, -0.2) is 12.6 Å². The summed E-state index contributed by atoms with van der Waals surface area (Å²) in [7, 11) is 0. The molecule has 0 radical (unpaired) electrons. The van der Waals surface area contributed by atoms with Crippen LogP contribution in [0.4, 0.5) is 0 Å². The SMILES string of the molecule is CCCOc1ccccc1C1CCCC(N)C1. The van der Waals surface area contributed by atoms with Crippen molar-refractivity contribution in [2.75, 3.05) is 6.61 Å². The molecule has 0 spiro atoms. The van der Waals surface area contributed by atoms with Crippen LogP contribution in [0.25, 0.3) is 0 Å². The maximum atomic E-state index is 6.07. The zero-order valence-corrected chi connectivity index (χ0v) is 10.7. The molecule has 17 heavy (non-hydrogen) atoms. The summed E-state index contributed by atoms with van der Waals surface area (Å²) in [5.74, 6) is 1.65. The van der Waals surface area contributed by atoms with Gasteiger partial charge in [0.05, 0.1) is 6.61 Å². The Kier molecular flexibility index (Phi) is 4.43. The highest BCUT2D eigenvalue weighted by molar-refractivity contribution is 5.36. The fraction of sp³-hybridized carbons (Fsp3) is 0.600. The van der Waals surface area contributed by atoms with Gasteiger partial charge in [-0.05, 0) is 43.2 Å². The second kappa shape index (κ2) is 6.06. The number of rotatable bonds is 4. The highest BCUT2D eigenvalue weighted by Crippen LogP contribution is 2.36. The minimum absolute atomic E-state index is 0.369. The van der Waals surface area contributed by atoms with Crippen molar-refractivity contribution in [1.29, 1.82) is 0 Å². The number of para-hydroxylation sites is 1. The van der Waals surface area contributed by atoms with E-state index in [1.165, 1.54) is 24.8 Å². The highest BCUT2D eigenvalue weighted by atomic mass is 16.5. The molecular formula is C15H23NO. The van der Waals surface area contributed by atoms with E-state index in [4.69, 9.17) is 10.5 Å². The smallest absolute Gasteiger partial charge is 0.122 e. The lowest BCUT2D eigenvalue weighted by atomic mass is 9.81. The molecule has 2 nitrogen and oxygen atoms in total. The number of hydrogen-bond donors (Lipinski definition) is 1. The van der Waals surface area contributed by atoms with Gasteiger partial charge in [-0.1, -0.05) is 31.5 Å². The Morgan fingerprint density at radius 3 is 2.88 bits per heavy atom. The first-order chi connectivity index (χ1) is 8.31. The van der Waals surface area contributed by atoms with Gasteiger partial charge in [-0.3, -0.25) is 0 Å². The molecule has 0 bridgehead atoms. The van der Waals surface area contributed by atoms with Gasteiger partial charge in [-0.2, -0.15) is 0 Å². The van der Waals surface area contributed by atoms with Crippen LogP contribution >= 0.6 is 0 Å². The summed E-state index contributed by atoms with van der Waals surface area (Å²) in [6.07, 6.45) is 5.83. The van der Waals surface area contributed by atoms with Crippen molar-refractivity contribution in [3.05, 3.63) is 29.8 Å². The van der Waals surface area contributed by atoms with Crippen molar-refractivity contribution < 1.29 is 4.74 Å². The number of benzene rings is 1. The second-order valence-corrected chi connectivity index (χ2v) is 5.01. The van der Waals surface area contributed by atoms with Gasteiger partial charge < -0.3 is 10.5 Å². The highest BCUT2D eigenvalue weighted by Gasteiger charge is 2.22. The van der Waals surface area contributed by atoms with Crippen molar-refractivity contribution in [3.63, 3.8) is 0 Å². The average molecular weight is 233 g/mol. The van der Waals surface area contributed by atoms with Gasteiger partial charge in [-0.25, -0.2) is 0 Å². The summed E-state index contributed by atoms with van der Waals surface area (Å²) in [5, 5.41) is 0. The monoisotopic (exact) mass is 233 g/mol. The Morgan fingerprint density at radius 1 is 1.29 bits per heavy atom. The van der Waals surface area contributed by atoms with Gasteiger partial charge in [0.1, 0.15) is 5.75 Å². The molecule has 2 N–H and O–H groups in total. The van der Waals surface area contributed by atoms with Crippen molar-refractivity contribution in [2.45, 2.75) is 51.0 Å². The van der Waals surface area contributed by atoms with E-state index in [-0.39, 0.29) is 0 Å². The summed E-state index contributed by atoms with van der Waals surface area (Å²) in [6, 6.07) is 8.82. The van der Waals surface area contributed by atoms with E-state index in [0.29, 0.717) is 12.0 Å². The lowest BCUT2D eigenvalue weighted by Crippen LogP contribution is -2.27. The van der Waals surface area contributed by atoms with Gasteiger partial charge in [0.25, 0.3) is 0 Å². The largest absolute Gasteiger partial charge is 0.493 e. The van der Waals surface area contributed by atoms with Crippen LogP contribution in [0.3, 0.4) is 0 Å². The third kappa shape index (κ3) is 3.22. The molecule has 0 heterocycles. The Morgan fingerprint density at radius 2 is 2.12 bits per heavy atom. The van der Waals surface area contributed by atoms with Gasteiger partial charge in [0, 0.05) is 6.04 Å². The minimum Gasteiger partial charge on any atom is -0.493 e. The zero-order chi connectivity index (χ0) is 12.1. The summed E-state index contributed by atoms with van der Waals surface area (Å²) >= 11 is 0. The topological polar surface area (TPSA) is 35.2 Å². The molecule has 1 saturated carbocycles. The van der Waals surface area contributed by atoms with Gasteiger partial charge in [-0.15, -0.1) is 0 Å². The molecule has 1 aliphatic rings. The number of hydrogen-bond acceptors (Lipinski definition) is 2. The molecule has 1 aromatic rings. The third-order valence-electron chi connectivity index (χ3n) is 3.54. The second-order valence-electron chi connectivity index (χ2n) is 5.01. The van der Waals surface area contributed by atoms with E-state index >= 15 is 0 Å². The van der Waals surface area contributed by atoms with E-state index in [9.17, 15) is 0 Å². The van der Waals surface area contributed by atoms with E-state index in [1.54, 1.807) is 0 Å². The minimum atomic E-state index is 0.369. The third-order valence-corrected chi connectivity index (χ3v) is 3.54. The van der Waals surface area contributed by atoms with Crippen molar-refractivity contribution in [3.8, 4) is 5.75 Å². The maximum absolute atomic E-state index is 6.07. The zero-order valence-electron chi connectivity index (χ0n) is 10.7. The van der Waals surface area contributed by atoms with E-state index in [1.807, 2.05) is 0 Å². The maximum Gasteiger partial charge on any atom is 0.122 e. The summed E-state index contributed by atoms with van der Waals surface area (Å²) in [5.41, 5.74) is 7.43. The molecule has 2 heteroatoms. The van der Waals surface area contributed by atoms with Crippen LogP contribution in [0.2, 0.25) is 0 Å². The molecule has 0 amide bonds. The van der Waals surface area contributed by atoms with E-state index in [2.05, 4.69) is 31.2 Å². The quantitative estimate of drug-likeness (QED) is 0.864. The molecule has 0 aromatic heterocycles. The van der Waals surface area contributed by atoms with Crippen LogP contribution in [0.15, 0.2) is 24.3 Å². The molecule has 2 rings (SSSR count). The van der Waals surface area contributed by atoms with Gasteiger partial charge in [0.2, 0.25) is 0 Å². The van der Waals surface area contributed by atoms with Crippen LogP contribution in [-0.2, 0) is 0 Å². The van der Waals surface area contributed by atoms with Gasteiger partial charge >= 0.3 is 0 Å². The summed E-state index contributed by atoms with van der Waals surface area (Å²) in [4.78, 5) is 0. The van der Waals surface area contributed by atoms with Crippen molar-refractivity contribution in [2.24, 2.45) is 5.73 Å². The fourth-order valence-electron chi connectivity index (χ4n) is 2.67. The predicted molar refractivity (Wildman–Crippen MR) is 71.4 cm³/mol. The Hall–Kier alpha value is -1.02. The normalized spacial score (nSPS) is 24.6. The predicted octanol–water partition coefficient (Wildman–Crippen LogP) is 3.46. The Bertz CT molecular complexity index is 351. The molecule has 2 unspecified atom stereocenters. The van der Waals surface area contributed by atoms with Gasteiger partial charge in [0.15, 0.2) is 0 Å². The standard InChI is InChI=1S/C15H23NO/c1-2-10-17-15-9-4-3-8-14(15)12-6-5-7-13(16)11-12/h3-4,8-9,12-13H,2,5-7,10-11,16H2,1H3. The first-order valence-corrected chi connectivity index (χ1v) is 6.78. The van der Waals surface area contributed by atoms with Crippen molar-refractivity contribution in [1.82, 2.24) is 0 Å². The van der Waals surface area contributed by atoms with E-state index in [0.717, 1.165) is 25.2 Å². The average Bonchev–Trinajstić information content (AvgIpc) is 2.37. The Balaban J connectivity index is 2.12. The first kappa shape index (κ1) is 12.4. The molecule has 1 aliphatic carbocycles. The fourth-order valence-corrected chi connectivity index (χ4v) is 2.67. The van der Waals surface area contributed by atoms with Crippen molar-refractivity contribution >= 4 is 0 Å². The molecule has 94 valence electrons. The van der Waals surface area contributed by atoms with E-state index < -0.39 is 0 Å². The van der Waals surface area contributed by atoms with Crippen LogP contribution in [0.5, 0.6) is 5.75 Å². The van der Waals surface area contributed by atoms with Crippen LogP contribution < -0.4 is 10.5 Å². The summed E-state index contributed by atoms with van der Waals surface area (Å²) in [6.45, 7) is 2.94. The molecule has 1 aromatic carbocycles. The molecular weight excluding hydrogens is 210 g/mol. The summed E-state index contributed by atoms with van der Waals surface area (Å²) < 4.78 is 5.83.